The molecule has 2 N–H and O–H groups in total. The molecule has 1 heterocycles. The number of hydrogen-bond donors (Lipinski definition) is 2. The lowest BCUT2D eigenvalue weighted by atomic mass is 9.46. The lowest BCUT2D eigenvalue weighted by molar-refractivity contribution is -0.334. The van der Waals surface area contributed by atoms with Crippen molar-refractivity contribution in [3.05, 3.63) is 47.2 Å². The number of benzene rings is 1. The number of aliphatic hydroxyl groups excluding tert-OH is 2. The van der Waals surface area contributed by atoms with E-state index >= 15 is 0 Å². The fraction of sp³-hybridized carbons (Fsp3) is 0.613. The zero-order valence-corrected chi connectivity index (χ0v) is 24.2. The van der Waals surface area contributed by atoms with Crippen LogP contribution in [0.3, 0.4) is 0 Å². The minimum absolute atomic E-state index is 0.0275. The Morgan fingerprint density at radius 1 is 1.00 bits per heavy atom. The molecule has 2 unspecified atom stereocenters. The van der Waals surface area contributed by atoms with Gasteiger partial charge in [0.1, 0.15) is 12.2 Å². The maximum atomic E-state index is 14.7. The number of hydrogen-bond acceptors (Lipinski definition) is 10. The van der Waals surface area contributed by atoms with Crippen LogP contribution in [0.2, 0.25) is 0 Å². The molecule has 0 aromatic heterocycles. The van der Waals surface area contributed by atoms with Crippen LogP contribution in [0.25, 0.3) is 0 Å². The lowest BCUT2D eigenvalue weighted by Crippen LogP contribution is -2.78. The maximum absolute atomic E-state index is 14.7. The number of esters is 3. The van der Waals surface area contributed by atoms with Gasteiger partial charge < -0.3 is 29.2 Å². The van der Waals surface area contributed by atoms with Gasteiger partial charge in [0.2, 0.25) is 5.78 Å². The van der Waals surface area contributed by atoms with Crippen LogP contribution in [0, 0.1) is 28.6 Å². The Hall–Kier alpha value is -3.08. The van der Waals surface area contributed by atoms with Crippen LogP contribution < -0.4 is 0 Å². The number of fused-ring (bicyclic) bond motifs is 5. The molecule has 222 valence electrons. The smallest absolute Gasteiger partial charge is 0.338 e. The highest BCUT2D eigenvalue weighted by molar-refractivity contribution is 6.02. The van der Waals surface area contributed by atoms with Crippen molar-refractivity contribution in [2.75, 3.05) is 6.61 Å². The summed E-state index contributed by atoms with van der Waals surface area (Å²) in [6, 6.07) is 8.38. The SMILES string of the molecule is CC(=O)OC1=C2C(C)[C@@H](O)CC([C@@H](OC(=O)c3ccccc3)[C@@H]3[C@]4(OC(C)=O)CO[C@@H]4C[C@H](O)[C@@]3(C)C1=O)C2(C)C. The number of carbonyl (C=O) groups excluding carboxylic acids is 4. The molecule has 3 aliphatic carbocycles. The number of rotatable bonds is 4. The van der Waals surface area contributed by atoms with Crippen molar-refractivity contribution >= 4 is 23.7 Å². The summed E-state index contributed by atoms with van der Waals surface area (Å²) in [7, 11) is 0. The van der Waals surface area contributed by atoms with E-state index < -0.39 is 82.3 Å². The highest BCUT2D eigenvalue weighted by atomic mass is 16.6. The van der Waals surface area contributed by atoms with E-state index in [1.807, 2.05) is 13.8 Å². The molecule has 1 aromatic rings. The van der Waals surface area contributed by atoms with E-state index in [2.05, 4.69) is 0 Å². The van der Waals surface area contributed by atoms with Crippen molar-refractivity contribution in [3.63, 3.8) is 0 Å². The van der Waals surface area contributed by atoms with E-state index in [1.54, 1.807) is 44.2 Å². The second kappa shape index (κ2) is 10.0. The Bertz CT molecular complexity index is 1300. The van der Waals surface area contributed by atoms with Crippen molar-refractivity contribution in [3.8, 4) is 0 Å². The van der Waals surface area contributed by atoms with E-state index in [9.17, 15) is 29.4 Å². The van der Waals surface area contributed by atoms with E-state index in [-0.39, 0.29) is 30.8 Å². The fourth-order valence-electron chi connectivity index (χ4n) is 7.97. The van der Waals surface area contributed by atoms with Crippen molar-refractivity contribution in [2.45, 2.75) is 84.4 Å². The number of carbonyl (C=O) groups is 4. The molecule has 5 rings (SSSR count). The van der Waals surface area contributed by atoms with Crippen LogP contribution in [-0.2, 0) is 33.3 Å². The largest absolute Gasteiger partial charge is 0.458 e. The molecule has 1 aromatic carbocycles. The zero-order valence-electron chi connectivity index (χ0n) is 24.2. The number of allylic oxidation sites excluding steroid dienone is 1. The standard InChI is InChI=1S/C31H38O10/c1-15-20(34)12-19-24(40-28(37)18-10-8-7-9-11-18)26-30(6,21(35)13-22-31(26,14-38-22)41-17(3)33)27(36)25(39-16(2)32)23(15)29(19,4)5/h7-11,15,19-22,24,26,34-35H,12-14H2,1-6H3/t15?,19?,20-,21-,22+,24+,26-,30+,31-/m0/s1. The first-order valence-corrected chi connectivity index (χ1v) is 14.1. The average molecular weight is 571 g/mol. The number of ketones is 1. The number of aliphatic hydroxyl groups is 2. The first kappa shape index (κ1) is 29.4. The van der Waals surface area contributed by atoms with Gasteiger partial charge in [-0.05, 0) is 36.5 Å². The molecule has 1 saturated heterocycles. The van der Waals surface area contributed by atoms with E-state index in [1.165, 1.54) is 13.8 Å². The van der Waals surface area contributed by atoms with E-state index in [0.29, 0.717) is 5.57 Å². The Balaban J connectivity index is 1.81. The van der Waals surface area contributed by atoms with Crippen molar-refractivity contribution in [1.82, 2.24) is 0 Å². The van der Waals surface area contributed by atoms with E-state index in [4.69, 9.17) is 18.9 Å². The van der Waals surface area contributed by atoms with Gasteiger partial charge in [0.05, 0.1) is 35.7 Å². The van der Waals surface area contributed by atoms with Crippen molar-refractivity contribution in [2.24, 2.45) is 28.6 Å². The van der Waals surface area contributed by atoms with Gasteiger partial charge in [-0.15, -0.1) is 0 Å². The molecule has 10 heteroatoms. The molecule has 2 bridgehead atoms. The molecule has 0 radical (unpaired) electrons. The van der Waals surface area contributed by atoms with Gasteiger partial charge in [-0.25, -0.2) is 4.79 Å². The van der Waals surface area contributed by atoms with E-state index in [0.717, 1.165) is 0 Å². The van der Waals surface area contributed by atoms with Crippen LogP contribution in [0.1, 0.15) is 64.7 Å². The highest BCUT2D eigenvalue weighted by Crippen LogP contribution is 2.63. The van der Waals surface area contributed by atoms with Crippen molar-refractivity contribution in [1.29, 1.82) is 0 Å². The zero-order chi connectivity index (χ0) is 30.1. The molecule has 41 heavy (non-hydrogen) atoms. The Morgan fingerprint density at radius 2 is 1.66 bits per heavy atom. The molecule has 2 saturated carbocycles. The van der Waals surface area contributed by atoms with Crippen LogP contribution in [-0.4, -0.2) is 70.5 Å². The lowest BCUT2D eigenvalue weighted by Gasteiger charge is -2.65. The van der Waals surface area contributed by atoms with Gasteiger partial charge in [0.15, 0.2) is 11.4 Å². The first-order valence-electron chi connectivity index (χ1n) is 14.1. The first-order chi connectivity index (χ1) is 19.2. The van der Waals surface area contributed by atoms with Gasteiger partial charge in [-0.1, -0.05) is 39.0 Å². The van der Waals surface area contributed by atoms with Crippen LogP contribution in [0.5, 0.6) is 0 Å². The Morgan fingerprint density at radius 3 is 2.22 bits per heavy atom. The van der Waals surface area contributed by atoms with Gasteiger partial charge in [0, 0.05) is 32.1 Å². The predicted octanol–water partition coefficient (Wildman–Crippen LogP) is 2.74. The molecule has 0 amide bonds. The number of Topliss-reactive ketones (excluding diaryl/α,β-unsaturated/α-hetero) is 1. The summed E-state index contributed by atoms with van der Waals surface area (Å²) in [5.74, 6) is -5.20. The summed E-state index contributed by atoms with van der Waals surface area (Å²) in [6.45, 7) is 9.39. The Labute approximate surface area is 239 Å². The van der Waals surface area contributed by atoms with Crippen molar-refractivity contribution < 1.29 is 48.3 Å². The summed E-state index contributed by atoms with van der Waals surface area (Å²) in [5, 5.41) is 23.0. The van der Waals surface area contributed by atoms with Gasteiger partial charge in [0.25, 0.3) is 0 Å². The monoisotopic (exact) mass is 570 g/mol. The topological polar surface area (TPSA) is 146 Å². The molecular weight excluding hydrogens is 532 g/mol. The summed E-state index contributed by atoms with van der Waals surface area (Å²) >= 11 is 0. The van der Waals surface area contributed by atoms with Crippen LogP contribution >= 0.6 is 0 Å². The van der Waals surface area contributed by atoms with Crippen LogP contribution in [0.15, 0.2) is 41.7 Å². The second-order valence-corrected chi connectivity index (χ2v) is 12.7. The third-order valence-corrected chi connectivity index (χ3v) is 10.0. The molecule has 0 spiro atoms. The normalized spacial score (nSPS) is 39.2. The molecular formula is C31H38O10. The van der Waals surface area contributed by atoms with Crippen LogP contribution in [0.4, 0.5) is 0 Å². The predicted molar refractivity (Wildman–Crippen MR) is 143 cm³/mol. The minimum Gasteiger partial charge on any atom is -0.458 e. The van der Waals surface area contributed by atoms with Gasteiger partial charge in [-0.3, -0.25) is 14.4 Å². The maximum Gasteiger partial charge on any atom is 0.338 e. The molecule has 3 fully saturated rings. The Kier molecular flexibility index (Phi) is 7.19. The number of ether oxygens (including phenoxy) is 4. The third-order valence-electron chi connectivity index (χ3n) is 10.0. The quantitative estimate of drug-likeness (QED) is 0.409. The van der Waals surface area contributed by atoms with Gasteiger partial charge >= 0.3 is 17.9 Å². The molecule has 4 aliphatic rings. The summed E-state index contributed by atoms with van der Waals surface area (Å²) in [5.41, 5.74) is -3.37. The summed E-state index contributed by atoms with van der Waals surface area (Å²) in [4.78, 5) is 53.3. The average Bonchev–Trinajstić information content (AvgIpc) is 2.89. The molecule has 10 nitrogen and oxygen atoms in total. The fourth-order valence-corrected chi connectivity index (χ4v) is 7.97. The summed E-state index contributed by atoms with van der Waals surface area (Å²) < 4.78 is 23.8. The third kappa shape index (κ3) is 4.33. The highest BCUT2D eigenvalue weighted by Gasteiger charge is 2.75. The molecule has 1 aliphatic heterocycles. The minimum atomic E-state index is -1.72. The molecule has 9 atom stereocenters. The van der Waals surface area contributed by atoms with Gasteiger partial charge in [-0.2, -0.15) is 0 Å². The second-order valence-electron chi connectivity index (χ2n) is 12.7. The summed E-state index contributed by atoms with van der Waals surface area (Å²) in [6.07, 6.45) is -4.00.